The number of rotatable bonds is 3. The Labute approximate surface area is 117 Å². The largest absolute Gasteiger partial charge is 0.458 e. The molecule has 0 aliphatic heterocycles. The van der Waals surface area contributed by atoms with E-state index in [-0.39, 0.29) is 6.07 Å². The van der Waals surface area contributed by atoms with Crippen LogP contribution in [0.5, 0.6) is 0 Å². The van der Waals surface area contributed by atoms with E-state index < -0.39 is 47.0 Å². The summed E-state index contributed by atoms with van der Waals surface area (Å²) in [6, 6.07) is 0.0268. The molecule has 10 heteroatoms. The number of benzene rings is 1. The fourth-order valence-electron chi connectivity index (χ4n) is 1.59. The molecule has 0 bridgehead atoms. The van der Waals surface area contributed by atoms with Crippen molar-refractivity contribution in [3.63, 3.8) is 0 Å². The van der Waals surface area contributed by atoms with Crippen molar-refractivity contribution in [3.8, 4) is 0 Å². The van der Waals surface area contributed by atoms with Crippen LogP contribution in [0.15, 0.2) is 18.2 Å². The Balaban J connectivity index is 3.57. The minimum Gasteiger partial charge on any atom is -0.191 e. The summed E-state index contributed by atoms with van der Waals surface area (Å²) in [5, 5.41) is 0. The van der Waals surface area contributed by atoms with Gasteiger partial charge < -0.3 is 0 Å². The minimum atomic E-state index is -6.14. The second-order valence-electron chi connectivity index (χ2n) is 4.24. The lowest BCUT2D eigenvalue weighted by Crippen LogP contribution is -2.37. The van der Waals surface area contributed by atoms with Crippen LogP contribution in [0.25, 0.3) is 0 Å². The van der Waals surface area contributed by atoms with E-state index >= 15 is 0 Å². The average molecular weight is 341 g/mol. The van der Waals surface area contributed by atoms with E-state index in [0.29, 0.717) is 6.07 Å². The Morgan fingerprint density at radius 3 is 1.55 bits per heavy atom. The molecule has 0 unspecified atom stereocenters. The zero-order valence-electron chi connectivity index (χ0n) is 10.6. The van der Waals surface area contributed by atoms with Gasteiger partial charge in [-0.2, -0.15) is 43.9 Å². The van der Waals surface area contributed by atoms with Gasteiger partial charge in [-0.15, -0.1) is 0 Å². The molecule has 0 amide bonds. The average Bonchev–Trinajstić information content (AvgIpc) is 2.35. The van der Waals surface area contributed by atoms with Gasteiger partial charge in [0.25, 0.3) is 0 Å². The lowest BCUT2D eigenvalue weighted by atomic mass is 9.94. The SMILES string of the molecule is C[CH]c1ccc(C(F)(F)C(F)(F)F)cc1C(F)(F)C(F)(F)F. The van der Waals surface area contributed by atoms with Crippen LogP contribution in [0.3, 0.4) is 0 Å². The zero-order valence-corrected chi connectivity index (χ0v) is 10.6. The van der Waals surface area contributed by atoms with Crippen LogP contribution in [0, 0.1) is 6.42 Å². The van der Waals surface area contributed by atoms with E-state index in [1.807, 2.05) is 0 Å². The van der Waals surface area contributed by atoms with Gasteiger partial charge in [-0.05, 0) is 18.1 Å². The molecule has 1 aromatic rings. The summed E-state index contributed by atoms with van der Waals surface area (Å²) in [7, 11) is 0. The molecular formula is C12H7F10. The number of alkyl halides is 10. The highest BCUT2D eigenvalue weighted by Gasteiger charge is 2.62. The lowest BCUT2D eigenvalue weighted by Gasteiger charge is -2.25. The molecule has 0 saturated carbocycles. The van der Waals surface area contributed by atoms with E-state index in [1.54, 1.807) is 0 Å². The first-order valence-corrected chi connectivity index (χ1v) is 5.49. The van der Waals surface area contributed by atoms with Gasteiger partial charge in [0.05, 0.1) is 0 Å². The van der Waals surface area contributed by atoms with E-state index in [4.69, 9.17) is 0 Å². The first kappa shape index (κ1) is 18.6. The van der Waals surface area contributed by atoms with Gasteiger partial charge >= 0.3 is 24.2 Å². The number of hydrogen-bond acceptors (Lipinski definition) is 0. The Morgan fingerprint density at radius 1 is 0.727 bits per heavy atom. The second-order valence-corrected chi connectivity index (χ2v) is 4.24. The number of halogens is 10. The van der Waals surface area contributed by atoms with E-state index in [0.717, 1.165) is 13.3 Å². The van der Waals surface area contributed by atoms with E-state index in [1.165, 1.54) is 0 Å². The summed E-state index contributed by atoms with van der Waals surface area (Å²) in [6.07, 6.45) is -11.5. The summed E-state index contributed by atoms with van der Waals surface area (Å²) in [6.45, 7) is 1.03. The number of hydrogen-bond donors (Lipinski definition) is 0. The highest BCUT2D eigenvalue weighted by molar-refractivity contribution is 5.41. The molecule has 0 fully saturated rings. The second kappa shape index (κ2) is 5.31. The van der Waals surface area contributed by atoms with Crippen LogP contribution >= 0.6 is 0 Å². The molecule has 1 aromatic carbocycles. The molecule has 0 aliphatic carbocycles. The molecule has 1 radical (unpaired) electrons. The summed E-state index contributed by atoms with van der Waals surface area (Å²) in [5.41, 5.74) is -4.77. The highest BCUT2D eigenvalue weighted by atomic mass is 19.4. The summed E-state index contributed by atoms with van der Waals surface area (Å²) in [5.74, 6) is -11.1. The Bertz CT molecular complexity index is 538. The molecule has 0 heterocycles. The quantitative estimate of drug-likeness (QED) is 0.631. The van der Waals surface area contributed by atoms with Crippen molar-refractivity contribution in [2.24, 2.45) is 0 Å². The molecule has 0 atom stereocenters. The molecule has 1 rings (SSSR count). The molecule has 22 heavy (non-hydrogen) atoms. The van der Waals surface area contributed by atoms with Crippen molar-refractivity contribution in [2.45, 2.75) is 31.1 Å². The maximum absolute atomic E-state index is 13.3. The monoisotopic (exact) mass is 341 g/mol. The molecule has 0 spiro atoms. The Hall–Kier alpha value is -1.48. The Kier molecular flexibility index (Phi) is 4.48. The van der Waals surface area contributed by atoms with Crippen LogP contribution in [-0.2, 0) is 11.8 Å². The predicted octanol–water partition coefficient (Wildman–Crippen LogP) is 5.57. The smallest absolute Gasteiger partial charge is 0.191 e. The van der Waals surface area contributed by atoms with Gasteiger partial charge in [0.1, 0.15) is 0 Å². The maximum Gasteiger partial charge on any atom is 0.458 e. The molecule has 0 N–H and O–H groups in total. The minimum absolute atomic E-state index is 0.152. The molecule has 0 nitrogen and oxygen atoms in total. The van der Waals surface area contributed by atoms with E-state index in [2.05, 4.69) is 0 Å². The fraction of sp³-hybridized carbons (Fsp3) is 0.417. The van der Waals surface area contributed by atoms with Gasteiger partial charge in [0, 0.05) is 11.1 Å². The third-order valence-electron chi connectivity index (χ3n) is 2.78. The third kappa shape index (κ3) is 3.00. The van der Waals surface area contributed by atoms with Crippen LogP contribution in [0.4, 0.5) is 43.9 Å². The van der Waals surface area contributed by atoms with Gasteiger partial charge in [0.2, 0.25) is 0 Å². The van der Waals surface area contributed by atoms with Gasteiger partial charge in [-0.3, -0.25) is 0 Å². The molecule has 0 saturated heterocycles. The van der Waals surface area contributed by atoms with Crippen LogP contribution in [0.2, 0.25) is 0 Å². The van der Waals surface area contributed by atoms with Crippen LogP contribution in [0.1, 0.15) is 23.6 Å². The highest BCUT2D eigenvalue weighted by Crippen LogP contribution is 2.49. The van der Waals surface area contributed by atoms with Gasteiger partial charge in [0.15, 0.2) is 0 Å². The molecular weight excluding hydrogens is 334 g/mol. The molecule has 125 valence electrons. The van der Waals surface area contributed by atoms with Crippen LogP contribution in [-0.4, -0.2) is 12.4 Å². The third-order valence-corrected chi connectivity index (χ3v) is 2.78. The van der Waals surface area contributed by atoms with Gasteiger partial charge in [-0.1, -0.05) is 19.1 Å². The summed E-state index contributed by atoms with van der Waals surface area (Å²) in [4.78, 5) is 0. The maximum atomic E-state index is 13.3. The van der Waals surface area contributed by atoms with Crippen molar-refractivity contribution >= 4 is 0 Å². The lowest BCUT2D eigenvalue weighted by molar-refractivity contribution is -0.292. The molecule has 0 aliphatic rings. The predicted molar refractivity (Wildman–Crippen MR) is 55.4 cm³/mol. The Morgan fingerprint density at radius 2 is 1.18 bits per heavy atom. The first-order chi connectivity index (χ1) is 9.66. The first-order valence-electron chi connectivity index (χ1n) is 5.49. The molecule has 0 aromatic heterocycles. The van der Waals surface area contributed by atoms with Crippen molar-refractivity contribution in [2.75, 3.05) is 0 Å². The topological polar surface area (TPSA) is 0 Å². The summed E-state index contributed by atoms with van der Waals surface area (Å²) < 4.78 is 126. The van der Waals surface area contributed by atoms with Crippen molar-refractivity contribution in [1.29, 1.82) is 0 Å². The van der Waals surface area contributed by atoms with Crippen molar-refractivity contribution in [1.82, 2.24) is 0 Å². The van der Waals surface area contributed by atoms with Crippen molar-refractivity contribution < 1.29 is 43.9 Å². The normalized spacial score (nSPS) is 14.3. The van der Waals surface area contributed by atoms with Crippen LogP contribution < -0.4 is 0 Å². The van der Waals surface area contributed by atoms with E-state index in [9.17, 15) is 43.9 Å². The fourth-order valence-corrected chi connectivity index (χ4v) is 1.59. The van der Waals surface area contributed by atoms with Crippen molar-refractivity contribution in [3.05, 3.63) is 41.3 Å². The van der Waals surface area contributed by atoms with Gasteiger partial charge in [-0.25, -0.2) is 0 Å². The zero-order chi connectivity index (χ0) is 17.6. The standard InChI is InChI=1S/C12H7F10/c1-2-6-3-4-7(9(13,14)11(17,18)19)5-8(6)10(15,16)12(20,21)22/h2-5H,1H3. The summed E-state index contributed by atoms with van der Waals surface area (Å²) >= 11 is 0.